The lowest BCUT2D eigenvalue weighted by atomic mass is 10.0. The van der Waals surface area contributed by atoms with Crippen molar-refractivity contribution in [3.05, 3.63) is 0 Å². The number of likely N-dealkylation sites (tertiary alicyclic amines) is 1. The summed E-state index contributed by atoms with van der Waals surface area (Å²) in [4.78, 5) is 18.8. The van der Waals surface area contributed by atoms with Crippen LogP contribution in [0.25, 0.3) is 0 Å². The molecule has 1 rings (SSSR count). The third kappa shape index (κ3) is 7.94. The topological polar surface area (TPSA) is 66.0 Å². The summed E-state index contributed by atoms with van der Waals surface area (Å²) in [6.07, 6.45) is 3.13. The first-order chi connectivity index (χ1) is 12.4. The summed E-state index contributed by atoms with van der Waals surface area (Å²) >= 11 is 0. The van der Waals surface area contributed by atoms with Crippen LogP contribution in [0.3, 0.4) is 0 Å². The molecule has 0 aromatic rings. The number of amides is 1. The number of hydrogen-bond donors (Lipinski definition) is 2. The molecular formula is C20H40N4O2. The zero-order chi connectivity index (χ0) is 19.5. The third-order valence-corrected chi connectivity index (χ3v) is 4.79. The van der Waals surface area contributed by atoms with E-state index in [-0.39, 0.29) is 17.9 Å². The lowest BCUT2D eigenvalue weighted by molar-refractivity contribution is -0.135. The fraction of sp³-hybridized carbons (Fsp3) is 0.900. The van der Waals surface area contributed by atoms with E-state index >= 15 is 0 Å². The van der Waals surface area contributed by atoms with Crippen molar-refractivity contribution < 1.29 is 9.53 Å². The molecular weight excluding hydrogens is 328 g/mol. The molecule has 1 unspecified atom stereocenters. The molecule has 1 aliphatic rings. The number of carbonyl (C=O) groups excluding carboxylic acids is 1. The second-order valence-corrected chi connectivity index (χ2v) is 7.69. The van der Waals surface area contributed by atoms with Crippen LogP contribution < -0.4 is 10.6 Å². The van der Waals surface area contributed by atoms with Gasteiger partial charge in [-0.25, -0.2) is 0 Å². The highest BCUT2D eigenvalue weighted by molar-refractivity contribution is 5.80. The van der Waals surface area contributed by atoms with Crippen molar-refractivity contribution in [1.82, 2.24) is 15.5 Å². The molecule has 6 nitrogen and oxygen atoms in total. The number of hydrogen-bond acceptors (Lipinski definition) is 3. The molecule has 1 atom stereocenters. The van der Waals surface area contributed by atoms with Crippen molar-refractivity contribution in [3.63, 3.8) is 0 Å². The Bertz CT molecular complexity index is 430. The Morgan fingerprint density at radius 1 is 1.19 bits per heavy atom. The van der Waals surface area contributed by atoms with Crippen LogP contribution in [0.5, 0.6) is 0 Å². The molecule has 0 saturated carbocycles. The molecule has 1 heterocycles. The smallest absolute Gasteiger partial charge is 0.225 e. The molecule has 6 heteroatoms. The van der Waals surface area contributed by atoms with Gasteiger partial charge in [-0.2, -0.15) is 0 Å². The van der Waals surface area contributed by atoms with Crippen LogP contribution in [0.15, 0.2) is 4.99 Å². The van der Waals surface area contributed by atoms with Gasteiger partial charge in [0, 0.05) is 44.7 Å². The van der Waals surface area contributed by atoms with Crippen LogP contribution >= 0.6 is 0 Å². The molecule has 0 bridgehead atoms. The van der Waals surface area contributed by atoms with Crippen molar-refractivity contribution in [2.24, 2.45) is 16.8 Å². The molecule has 0 radical (unpaired) electrons. The van der Waals surface area contributed by atoms with E-state index in [9.17, 15) is 4.79 Å². The SMILES string of the molecule is CCNC(=NCCC(OCC)C(C)C)NC1CCN(C(=O)C(C)C)CC1. The molecule has 1 fully saturated rings. The second-order valence-electron chi connectivity index (χ2n) is 7.69. The number of nitrogens with zero attached hydrogens (tertiary/aromatic N) is 2. The first kappa shape index (κ1) is 22.7. The molecule has 1 amide bonds. The first-order valence-corrected chi connectivity index (χ1v) is 10.3. The average Bonchev–Trinajstić information content (AvgIpc) is 2.60. The Labute approximate surface area is 160 Å². The maximum Gasteiger partial charge on any atom is 0.225 e. The number of piperidine rings is 1. The Morgan fingerprint density at radius 3 is 2.35 bits per heavy atom. The van der Waals surface area contributed by atoms with Crippen molar-refractivity contribution in [3.8, 4) is 0 Å². The van der Waals surface area contributed by atoms with E-state index in [1.54, 1.807) is 0 Å². The lowest BCUT2D eigenvalue weighted by Crippen LogP contribution is -2.50. The Morgan fingerprint density at radius 2 is 1.85 bits per heavy atom. The summed E-state index contributed by atoms with van der Waals surface area (Å²) in [5.74, 6) is 1.72. The van der Waals surface area contributed by atoms with Crippen LogP contribution in [0.2, 0.25) is 0 Å². The summed E-state index contributed by atoms with van der Waals surface area (Å²) in [5.41, 5.74) is 0. The predicted octanol–water partition coefficient (Wildman–Crippen LogP) is 2.64. The van der Waals surface area contributed by atoms with Gasteiger partial charge in [0.05, 0.1) is 6.10 Å². The summed E-state index contributed by atoms with van der Waals surface area (Å²) in [7, 11) is 0. The number of nitrogens with one attached hydrogen (secondary N) is 2. The van der Waals surface area contributed by atoms with Gasteiger partial charge in [-0.05, 0) is 39.0 Å². The van der Waals surface area contributed by atoms with Crippen LogP contribution in [0, 0.1) is 11.8 Å². The lowest BCUT2D eigenvalue weighted by Gasteiger charge is -2.34. The fourth-order valence-electron chi connectivity index (χ4n) is 3.25. The second kappa shape index (κ2) is 12.2. The van der Waals surface area contributed by atoms with Crippen molar-refractivity contribution in [2.45, 2.75) is 73.0 Å². The van der Waals surface area contributed by atoms with Crippen LogP contribution in [-0.4, -0.2) is 61.7 Å². The minimum absolute atomic E-state index is 0.0811. The highest BCUT2D eigenvalue weighted by Gasteiger charge is 2.24. The number of rotatable bonds is 9. The van der Waals surface area contributed by atoms with Gasteiger partial charge in [0.2, 0.25) is 5.91 Å². The normalized spacial score (nSPS) is 17.7. The van der Waals surface area contributed by atoms with Crippen LogP contribution in [0.1, 0.15) is 60.8 Å². The Hall–Kier alpha value is -1.30. The summed E-state index contributed by atoms with van der Waals surface area (Å²) in [5, 5.41) is 6.88. The zero-order valence-electron chi connectivity index (χ0n) is 17.7. The number of guanidine groups is 1. The van der Waals surface area contributed by atoms with Gasteiger partial charge >= 0.3 is 0 Å². The van der Waals surface area contributed by atoms with Crippen molar-refractivity contribution >= 4 is 11.9 Å². The monoisotopic (exact) mass is 368 g/mol. The van der Waals surface area contributed by atoms with Gasteiger partial charge in [0.1, 0.15) is 0 Å². The molecule has 1 aliphatic heterocycles. The Kier molecular flexibility index (Phi) is 10.6. The van der Waals surface area contributed by atoms with Gasteiger partial charge in [0.25, 0.3) is 0 Å². The fourth-order valence-corrected chi connectivity index (χ4v) is 3.25. The van der Waals surface area contributed by atoms with Gasteiger partial charge in [0.15, 0.2) is 5.96 Å². The Balaban J connectivity index is 2.49. The average molecular weight is 369 g/mol. The minimum atomic E-state index is 0.0811. The molecule has 152 valence electrons. The van der Waals surface area contributed by atoms with Gasteiger partial charge < -0.3 is 20.3 Å². The van der Waals surface area contributed by atoms with Crippen molar-refractivity contribution in [2.75, 3.05) is 32.8 Å². The number of aliphatic imine (C=N–C) groups is 1. The van der Waals surface area contributed by atoms with E-state index in [0.29, 0.717) is 12.0 Å². The van der Waals surface area contributed by atoms with E-state index in [0.717, 1.165) is 58.0 Å². The summed E-state index contributed by atoms with van der Waals surface area (Å²) in [6.45, 7) is 16.4. The molecule has 2 N–H and O–H groups in total. The molecule has 1 saturated heterocycles. The maximum atomic E-state index is 12.1. The molecule has 0 aliphatic carbocycles. The molecule has 26 heavy (non-hydrogen) atoms. The molecule has 0 spiro atoms. The molecule has 0 aromatic heterocycles. The zero-order valence-corrected chi connectivity index (χ0v) is 17.7. The first-order valence-electron chi connectivity index (χ1n) is 10.3. The van der Waals surface area contributed by atoms with E-state index in [1.165, 1.54) is 0 Å². The third-order valence-electron chi connectivity index (χ3n) is 4.79. The van der Waals surface area contributed by atoms with E-state index in [2.05, 4.69) is 31.4 Å². The number of ether oxygens (including phenoxy) is 1. The standard InChI is InChI=1S/C20H40N4O2/c1-7-21-20(22-12-9-18(15(3)4)26-8-2)23-17-10-13-24(14-11-17)19(25)16(5)6/h15-18H,7-14H2,1-6H3,(H2,21,22,23). The predicted molar refractivity (Wildman–Crippen MR) is 108 cm³/mol. The summed E-state index contributed by atoms with van der Waals surface area (Å²) in [6, 6.07) is 0.372. The quantitative estimate of drug-likeness (QED) is 0.485. The van der Waals surface area contributed by atoms with Crippen LogP contribution in [-0.2, 0) is 9.53 Å². The van der Waals surface area contributed by atoms with Gasteiger partial charge in [-0.1, -0.05) is 27.7 Å². The van der Waals surface area contributed by atoms with E-state index in [1.807, 2.05) is 25.7 Å². The molecule has 0 aromatic carbocycles. The van der Waals surface area contributed by atoms with Gasteiger partial charge in [-0.3, -0.25) is 9.79 Å². The maximum absolute atomic E-state index is 12.1. The number of carbonyl (C=O) groups is 1. The van der Waals surface area contributed by atoms with Crippen molar-refractivity contribution in [1.29, 1.82) is 0 Å². The minimum Gasteiger partial charge on any atom is -0.378 e. The highest BCUT2D eigenvalue weighted by Crippen LogP contribution is 2.14. The van der Waals surface area contributed by atoms with Crippen LogP contribution in [0.4, 0.5) is 0 Å². The van der Waals surface area contributed by atoms with E-state index < -0.39 is 0 Å². The highest BCUT2D eigenvalue weighted by atomic mass is 16.5. The summed E-state index contributed by atoms with van der Waals surface area (Å²) < 4.78 is 5.80. The van der Waals surface area contributed by atoms with Gasteiger partial charge in [-0.15, -0.1) is 0 Å². The largest absolute Gasteiger partial charge is 0.378 e. The van der Waals surface area contributed by atoms with E-state index in [4.69, 9.17) is 9.73 Å².